The summed E-state index contributed by atoms with van der Waals surface area (Å²) in [5, 5.41) is 5.61. The van der Waals surface area contributed by atoms with Crippen LogP contribution in [0.25, 0.3) is 22.2 Å². The summed E-state index contributed by atoms with van der Waals surface area (Å²) in [6, 6.07) is 10.4. The first-order valence-electron chi connectivity index (χ1n) is 4.90. The molecule has 0 spiro atoms. The molecule has 2 aromatic heterocycles. The molecule has 3 nitrogen and oxygen atoms in total. The van der Waals surface area contributed by atoms with E-state index in [2.05, 4.69) is 34.3 Å². The zero-order valence-corrected chi connectivity index (χ0v) is 8.44. The van der Waals surface area contributed by atoms with Gasteiger partial charge in [0.05, 0.1) is 5.69 Å². The van der Waals surface area contributed by atoms with E-state index in [0.29, 0.717) is 0 Å². The van der Waals surface area contributed by atoms with E-state index in [-0.39, 0.29) is 0 Å². The number of benzene rings is 1. The van der Waals surface area contributed by atoms with Crippen molar-refractivity contribution in [3.8, 4) is 11.3 Å². The highest BCUT2D eigenvalue weighted by molar-refractivity contribution is 5.84. The number of aromatic nitrogens is 3. The molecule has 0 amide bonds. The van der Waals surface area contributed by atoms with Crippen LogP contribution in [0.3, 0.4) is 0 Å². The van der Waals surface area contributed by atoms with Crippen molar-refractivity contribution >= 4 is 10.9 Å². The topological polar surface area (TPSA) is 33.6 Å². The smallest absolute Gasteiger partial charge is 0.0923 e. The first-order valence-corrected chi connectivity index (χ1v) is 4.90. The predicted octanol–water partition coefficient (Wildman–Crippen LogP) is 2.57. The van der Waals surface area contributed by atoms with Gasteiger partial charge in [-0.05, 0) is 23.6 Å². The monoisotopic (exact) mass is 197 g/mol. The Labute approximate surface area is 87.4 Å². The number of hydrogen-bond acceptors (Lipinski definition) is 1. The quantitative estimate of drug-likeness (QED) is 0.639. The van der Waals surface area contributed by atoms with Crippen LogP contribution in [0.15, 0.2) is 42.7 Å². The van der Waals surface area contributed by atoms with Gasteiger partial charge in [-0.3, -0.25) is 4.68 Å². The molecule has 0 saturated carbocycles. The number of nitrogens with zero attached hydrogens (tertiary/aromatic N) is 2. The molecule has 3 aromatic rings. The summed E-state index contributed by atoms with van der Waals surface area (Å²) >= 11 is 0. The number of nitrogens with one attached hydrogen (secondary N) is 1. The van der Waals surface area contributed by atoms with Crippen LogP contribution in [0, 0.1) is 0 Å². The number of hydrogen-bond donors (Lipinski definition) is 1. The Kier molecular flexibility index (Phi) is 1.65. The van der Waals surface area contributed by atoms with Crippen LogP contribution < -0.4 is 0 Å². The van der Waals surface area contributed by atoms with Gasteiger partial charge in [0.15, 0.2) is 0 Å². The van der Waals surface area contributed by atoms with E-state index in [1.54, 1.807) is 0 Å². The maximum absolute atomic E-state index is 4.37. The van der Waals surface area contributed by atoms with E-state index in [0.717, 1.165) is 16.8 Å². The highest BCUT2D eigenvalue weighted by Gasteiger charge is 2.02. The molecule has 0 radical (unpaired) electrons. The van der Waals surface area contributed by atoms with Gasteiger partial charge in [-0.25, -0.2) is 0 Å². The Balaban J connectivity index is 2.18. The maximum Gasteiger partial charge on any atom is 0.0923 e. The summed E-state index contributed by atoms with van der Waals surface area (Å²) in [4.78, 5) is 3.20. The second-order valence-corrected chi connectivity index (χ2v) is 3.65. The van der Waals surface area contributed by atoms with Gasteiger partial charge >= 0.3 is 0 Å². The summed E-state index contributed by atoms with van der Waals surface area (Å²) in [7, 11) is 1.93. The lowest BCUT2D eigenvalue weighted by Gasteiger charge is -1.96. The molecule has 0 aliphatic rings. The molecule has 0 aliphatic heterocycles. The molecular weight excluding hydrogens is 186 g/mol. The molecule has 0 aliphatic carbocycles. The van der Waals surface area contributed by atoms with E-state index in [9.17, 15) is 0 Å². The van der Waals surface area contributed by atoms with Crippen LogP contribution in [0.4, 0.5) is 0 Å². The Bertz CT molecular complexity index is 604. The molecule has 0 atom stereocenters. The van der Waals surface area contributed by atoms with Crippen molar-refractivity contribution in [2.75, 3.05) is 0 Å². The van der Waals surface area contributed by atoms with Crippen LogP contribution in [-0.2, 0) is 7.05 Å². The summed E-state index contributed by atoms with van der Waals surface area (Å²) in [6.07, 6.45) is 3.90. The van der Waals surface area contributed by atoms with Crippen molar-refractivity contribution in [1.82, 2.24) is 14.8 Å². The van der Waals surface area contributed by atoms with Gasteiger partial charge in [-0.2, -0.15) is 5.10 Å². The van der Waals surface area contributed by atoms with Gasteiger partial charge in [-0.1, -0.05) is 12.1 Å². The molecule has 0 fully saturated rings. The fourth-order valence-electron chi connectivity index (χ4n) is 1.78. The molecule has 15 heavy (non-hydrogen) atoms. The second-order valence-electron chi connectivity index (χ2n) is 3.65. The van der Waals surface area contributed by atoms with Gasteiger partial charge in [-0.15, -0.1) is 0 Å². The lowest BCUT2D eigenvalue weighted by molar-refractivity contribution is 0.771. The highest BCUT2D eigenvalue weighted by Crippen LogP contribution is 2.21. The third-order valence-electron chi connectivity index (χ3n) is 2.56. The summed E-state index contributed by atoms with van der Waals surface area (Å²) in [5.74, 6) is 0. The Morgan fingerprint density at radius 3 is 2.93 bits per heavy atom. The van der Waals surface area contributed by atoms with E-state index < -0.39 is 0 Å². The minimum atomic E-state index is 1.01. The average Bonchev–Trinajstić information content (AvgIpc) is 2.84. The van der Waals surface area contributed by atoms with Gasteiger partial charge in [0.1, 0.15) is 0 Å². The van der Waals surface area contributed by atoms with Crippen molar-refractivity contribution in [1.29, 1.82) is 0 Å². The Morgan fingerprint density at radius 1 is 1.20 bits per heavy atom. The van der Waals surface area contributed by atoms with Gasteiger partial charge in [0.2, 0.25) is 0 Å². The van der Waals surface area contributed by atoms with E-state index in [1.165, 1.54) is 5.39 Å². The lowest BCUT2D eigenvalue weighted by atomic mass is 10.1. The number of H-pyrrole nitrogens is 1. The zero-order valence-electron chi connectivity index (χ0n) is 8.44. The van der Waals surface area contributed by atoms with Gasteiger partial charge < -0.3 is 4.98 Å². The lowest BCUT2D eigenvalue weighted by Crippen LogP contribution is -1.87. The number of fused-ring (bicyclic) bond motifs is 1. The molecule has 3 heteroatoms. The summed E-state index contributed by atoms with van der Waals surface area (Å²) in [5.41, 5.74) is 3.30. The standard InChI is InChI=1S/C12H11N3/c1-15-7-5-11(14-15)10-3-2-9-4-6-13-12(9)8-10/h2-8,13H,1H3. The van der Waals surface area contributed by atoms with Crippen LogP contribution in [0.5, 0.6) is 0 Å². The molecule has 1 N–H and O–H groups in total. The largest absolute Gasteiger partial charge is 0.361 e. The Morgan fingerprint density at radius 2 is 2.13 bits per heavy atom. The van der Waals surface area contributed by atoms with Gasteiger partial charge in [0.25, 0.3) is 0 Å². The summed E-state index contributed by atoms with van der Waals surface area (Å²) < 4.78 is 1.81. The van der Waals surface area contributed by atoms with Crippen molar-refractivity contribution in [2.24, 2.45) is 7.05 Å². The van der Waals surface area contributed by atoms with Crippen LogP contribution >= 0.6 is 0 Å². The maximum atomic E-state index is 4.37. The van der Waals surface area contributed by atoms with E-state index in [4.69, 9.17) is 0 Å². The number of rotatable bonds is 1. The minimum absolute atomic E-state index is 1.01. The van der Waals surface area contributed by atoms with Crippen molar-refractivity contribution in [2.45, 2.75) is 0 Å². The number of aryl methyl sites for hydroxylation is 1. The first-order chi connectivity index (χ1) is 7.33. The molecule has 2 heterocycles. The fraction of sp³-hybridized carbons (Fsp3) is 0.0833. The van der Waals surface area contributed by atoms with Crippen molar-refractivity contribution < 1.29 is 0 Å². The zero-order chi connectivity index (χ0) is 10.3. The van der Waals surface area contributed by atoms with Crippen LogP contribution in [0.1, 0.15) is 0 Å². The Hall–Kier alpha value is -2.03. The minimum Gasteiger partial charge on any atom is -0.361 e. The molecule has 74 valence electrons. The highest BCUT2D eigenvalue weighted by atomic mass is 15.2. The second kappa shape index (κ2) is 2.98. The SMILES string of the molecule is Cn1ccc(-c2ccc3cc[nH]c3c2)n1. The molecule has 3 rings (SSSR count). The third kappa shape index (κ3) is 1.32. The van der Waals surface area contributed by atoms with E-state index >= 15 is 0 Å². The van der Waals surface area contributed by atoms with Crippen LogP contribution in [-0.4, -0.2) is 14.8 Å². The molecule has 0 bridgehead atoms. The van der Waals surface area contributed by atoms with Crippen LogP contribution in [0.2, 0.25) is 0 Å². The first kappa shape index (κ1) is 8.29. The molecule has 0 saturated heterocycles. The fourth-order valence-corrected chi connectivity index (χ4v) is 1.78. The molecule has 0 unspecified atom stereocenters. The third-order valence-corrected chi connectivity index (χ3v) is 2.56. The van der Waals surface area contributed by atoms with Crippen molar-refractivity contribution in [3.05, 3.63) is 42.7 Å². The van der Waals surface area contributed by atoms with Crippen molar-refractivity contribution in [3.63, 3.8) is 0 Å². The molecular formula is C12H11N3. The average molecular weight is 197 g/mol. The summed E-state index contributed by atoms with van der Waals surface area (Å²) in [6.45, 7) is 0. The van der Waals surface area contributed by atoms with E-state index in [1.807, 2.05) is 30.2 Å². The van der Waals surface area contributed by atoms with Gasteiger partial charge in [0, 0.05) is 30.5 Å². The number of aromatic amines is 1. The normalized spacial score (nSPS) is 11.0. The predicted molar refractivity (Wildman–Crippen MR) is 60.5 cm³/mol. The molecule has 1 aromatic carbocycles.